The molecular weight excluding hydrogens is 318 g/mol. The van der Waals surface area contributed by atoms with E-state index >= 15 is 0 Å². The van der Waals surface area contributed by atoms with Crippen LogP contribution in [0.15, 0.2) is 54.6 Å². The number of para-hydroxylation sites is 1. The quantitative estimate of drug-likeness (QED) is 0.689. The molecule has 2 aromatic rings. The maximum atomic E-state index is 11.7. The summed E-state index contributed by atoms with van der Waals surface area (Å²) in [6.45, 7) is -0.138. The highest BCUT2D eigenvalue weighted by atomic mass is 16.5. The van der Waals surface area contributed by atoms with E-state index in [1.165, 1.54) is 0 Å². The van der Waals surface area contributed by atoms with Gasteiger partial charge in [-0.3, -0.25) is 9.59 Å². The van der Waals surface area contributed by atoms with Crippen LogP contribution in [0.2, 0.25) is 0 Å². The summed E-state index contributed by atoms with van der Waals surface area (Å²) >= 11 is 0. The van der Waals surface area contributed by atoms with Crippen molar-refractivity contribution in [3.8, 4) is 5.75 Å². The Morgan fingerprint density at radius 3 is 2.28 bits per heavy atom. The van der Waals surface area contributed by atoms with Crippen molar-refractivity contribution in [1.29, 1.82) is 0 Å². The van der Waals surface area contributed by atoms with Crippen molar-refractivity contribution in [2.45, 2.75) is 18.9 Å². The highest BCUT2D eigenvalue weighted by molar-refractivity contribution is 5.85. The molecule has 1 aliphatic carbocycles. The van der Waals surface area contributed by atoms with Crippen LogP contribution >= 0.6 is 0 Å². The Labute approximate surface area is 146 Å². The Morgan fingerprint density at radius 1 is 0.920 bits per heavy atom. The number of hydrogen-bond donors (Lipinski definition) is 3. The van der Waals surface area contributed by atoms with Crippen molar-refractivity contribution in [2.75, 3.05) is 18.5 Å². The summed E-state index contributed by atoms with van der Waals surface area (Å²) in [4.78, 5) is 23.2. The molecule has 0 saturated heterocycles. The van der Waals surface area contributed by atoms with Crippen molar-refractivity contribution in [2.24, 2.45) is 0 Å². The van der Waals surface area contributed by atoms with Gasteiger partial charge < -0.3 is 20.7 Å². The minimum atomic E-state index is -0.322. The molecule has 25 heavy (non-hydrogen) atoms. The molecule has 0 heterocycles. The highest BCUT2D eigenvalue weighted by Gasteiger charge is 2.23. The van der Waals surface area contributed by atoms with Gasteiger partial charge in [0.05, 0.1) is 6.54 Å². The number of nitrogens with one attached hydrogen (secondary N) is 3. The molecule has 3 N–H and O–H groups in total. The average molecular weight is 339 g/mol. The first-order valence-corrected chi connectivity index (χ1v) is 8.30. The Balaban J connectivity index is 1.39. The number of hydrogen-bond acceptors (Lipinski definition) is 4. The number of benzene rings is 2. The van der Waals surface area contributed by atoms with Gasteiger partial charge in [-0.1, -0.05) is 18.2 Å². The summed E-state index contributed by atoms with van der Waals surface area (Å²) in [5.41, 5.74) is 1.93. The topological polar surface area (TPSA) is 79.5 Å². The van der Waals surface area contributed by atoms with Gasteiger partial charge in [0, 0.05) is 17.4 Å². The first-order valence-electron chi connectivity index (χ1n) is 8.30. The van der Waals surface area contributed by atoms with Gasteiger partial charge in [0.15, 0.2) is 6.61 Å². The van der Waals surface area contributed by atoms with Gasteiger partial charge in [0.2, 0.25) is 5.91 Å². The smallest absolute Gasteiger partial charge is 0.258 e. The first kappa shape index (κ1) is 16.8. The van der Waals surface area contributed by atoms with Gasteiger partial charge in [-0.2, -0.15) is 0 Å². The van der Waals surface area contributed by atoms with Crippen LogP contribution in [0.3, 0.4) is 0 Å². The zero-order chi connectivity index (χ0) is 17.5. The summed E-state index contributed by atoms with van der Waals surface area (Å²) in [6.07, 6.45) is 2.05. The second-order valence-corrected chi connectivity index (χ2v) is 5.92. The second kappa shape index (κ2) is 8.19. The average Bonchev–Trinajstić information content (AvgIpc) is 3.44. The van der Waals surface area contributed by atoms with Gasteiger partial charge in [-0.25, -0.2) is 0 Å². The number of carbonyl (C=O) groups is 2. The molecule has 2 amide bonds. The molecular formula is C19H21N3O3. The predicted octanol–water partition coefficient (Wildman–Crippen LogP) is 2.20. The molecule has 0 unspecified atom stereocenters. The zero-order valence-corrected chi connectivity index (χ0v) is 13.8. The van der Waals surface area contributed by atoms with Gasteiger partial charge >= 0.3 is 0 Å². The highest BCUT2D eigenvalue weighted by Crippen LogP contribution is 2.20. The van der Waals surface area contributed by atoms with E-state index in [4.69, 9.17) is 4.74 Å². The maximum Gasteiger partial charge on any atom is 0.258 e. The van der Waals surface area contributed by atoms with Crippen molar-refractivity contribution in [1.82, 2.24) is 10.6 Å². The summed E-state index contributed by atoms with van der Waals surface area (Å²) in [7, 11) is 0. The van der Waals surface area contributed by atoms with E-state index in [1.54, 1.807) is 12.1 Å². The molecule has 0 bridgehead atoms. The number of amides is 2. The molecule has 1 aliphatic rings. The normalized spacial score (nSPS) is 13.0. The molecule has 1 fully saturated rings. The molecule has 1 saturated carbocycles. The summed E-state index contributed by atoms with van der Waals surface area (Å²) < 4.78 is 5.43. The Kier molecular flexibility index (Phi) is 5.51. The van der Waals surface area contributed by atoms with E-state index in [-0.39, 0.29) is 25.0 Å². The molecule has 6 nitrogen and oxygen atoms in total. The third-order valence-electron chi connectivity index (χ3n) is 3.68. The molecule has 0 spiro atoms. The van der Waals surface area contributed by atoms with Crippen LogP contribution in [0.1, 0.15) is 12.8 Å². The Hall–Kier alpha value is -3.02. The van der Waals surface area contributed by atoms with Crippen molar-refractivity contribution < 1.29 is 14.3 Å². The monoisotopic (exact) mass is 339 g/mol. The molecule has 2 aromatic carbocycles. The number of ether oxygens (including phenoxy) is 1. The van der Waals surface area contributed by atoms with Crippen LogP contribution in [0.25, 0.3) is 0 Å². The minimum Gasteiger partial charge on any atom is -0.484 e. The number of carbonyl (C=O) groups excluding carboxylic acids is 2. The first-order chi connectivity index (χ1) is 12.2. The zero-order valence-electron chi connectivity index (χ0n) is 13.8. The Bertz CT molecular complexity index is 712. The van der Waals surface area contributed by atoms with Crippen LogP contribution in [0.5, 0.6) is 5.75 Å². The van der Waals surface area contributed by atoms with E-state index < -0.39 is 0 Å². The molecule has 130 valence electrons. The van der Waals surface area contributed by atoms with E-state index in [1.807, 2.05) is 42.5 Å². The number of anilines is 2. The molecule has 6 heteroatoms. The Morgan fingerprint density at radius 2 is 1.60 bits per heavy atom. The van der Waals surface area contributed by atoms with Crippen molar-refractivity contribution >= 4 is 23.2 Å². The van der Waals surface area contributed by atoms with E-state index in [0.29, 0.717) is 11.8 Å². The van der Waals surface area contributed by atoms with Crippen LogP contribution in [0, 0.1) is 0 Å². The van der Waals surface area contributed by atoms with Gasteiger partial charge in [-0.05, 0) is 49.2 Å². The van der Waals surface area contributed by atoms with Gasteiger partial charge in [-0.15, -0.1) is 0 Å². The van der Waals surface area contributed by atoms with Crippen molar-refractivity contribution in [3.63, 3.8) is 0 Å². The van der Waals surface area contributed by atoms with Crippen LogP contribution < -0.4 is 20.7 Å². The second-order valence-electron chi connectivity index (χ2n) is 5.92. The van der Waals surface area contributed by atoms with Crippen molar-refractivity contribution in [3.05, 3.63) is 54.6 Å². The lowest BCUT2D eigenvalue weighted by Gasteiger charge is -2.09. The molecule has 0 atom stereocenters. The minimum absolute atomic E-state index is 0.0153. The summed E-state index contributed by atoms with van der Waals surface area (Å²) in [5.74, 6) is 0.112. The van der Waals surface area contributed by atoms with Crippen LogP contribution in [-0.4, -0.2) is 31.0 Å². The fraction of sp³-hybridized carbons (Fsp3) is 0.263. The predicted molar refractivity (Wildman–Crippen MR) is 95.8 cm³/mol. The van der Waals surface area contributed by atoms with Crippen LogP contribution in [0.4, 0.5) is 11.4 Å². The van der Waals surface area contributed by atoms with Gasteiger partial charge in [0.1, 0.15) is 5.75 Å². The van der Waals surface area contributed by atoms with E-state index in [9.17, 15) is 9.59 Å². The van der Waals surface area contributed by atoms with E-state index in [2.05, 4.69) is 16.0 Å². The largest absolute Gasteiger partial charge is 0.484 e. The third kappa shape index (κ3) is 5.84. The molecule has 3 rings (SSSR count). The number of rotatable bonds is 8. The van der Waals surface area contributed by atoms with Gasteiger partial charge in [0.25, 0.3) is 5.91 Å². The van der Waals surface area contributed by atoms with E-state index in [0.717, 1.165) is 24.2 Å². The third-order valence-corrected chi connectivity index (χ3v) is 3.68. The standard InChI is InChI=1S/C19H21N3O3/c23-18(22-16-6-7-16)12-20-19(24)13-25-17-10-8-15(9-11-17)21-14-4-2-1-3-5-14/h1-5,8-11,16,21H,6-7,12-13H2,(H,20,24)(H,22,23). The van der Waals surface area contributed by atoms with Crippen LogP contribution in [-0.2, 0) is 9.59 Å². The fourth-order valence-electron chi connectivity index (χ4n) is 2.21. The summed E-state index contributed by atoms with van der Waals surface area (Å²) in [6, 6.07) is 17.5. The summed E-state index contributed by atoms with van der Waals surface area (Å²) in [5, 5.41) is 8.62. The lowest BCUT2D eigenvalue weighted by Crippen LogP contribution is -2.39. The molecule has 0 radical (unpaired) electrons. The lowest BCUT2D eigenvalue weighted by atomic mass is 10.2. The lowest BCUT2D eigenvalue weighted by molar-refractivity contribution is -0.127. The SMILES string of the molecule is O=C(COc1ccc(Nc2ccccc2)cc1)NCC(=O)NC1CC1. The molecule has 0 aromatic heterocycles. The maximum absolute atomic E-state index is 11.7. The molecule has 0 aliphatic heterocycles. The fourth-order valence-corrected chi connectivity index (χ4v) is 2.21.